The molecule has 0 unspecified atom stereocenters. The predicted octanol–water partition coefficient (Wildman–Crippen LogP) is 4.34. The fourth-order valence-corrected chi connectivity index (χ4v) is 2.60. The van der Waals surface area contributed by atoms with Crippen LogP contribution in [0.3, 0.4) is 0 Å². The third-order valence-corrected chi connectivity index (χ3v) is 3.82. The number of nitrogens with zero attached hydrogens (tertiary/aromatic N) is 1. The van der Waals surface area contributed by atoms with E-state index in [-0.39, 0.29) is 11.9 Å². The smallest absolute Gasteiger partial charge is 0.254 e. The van der Waals surface area contributed by atoms with E-state index in [0.717, 1.165) is 14.7 Å². The lowest BCUT2D eigenvalue weighted by molar-refractivity contribution is 0.0690. The van der Waals surface area contributed by atoms with Gasteiger partial charge in [0, 0.05) is 21.7 Å². The summed E-state index contributed by atoms with van der Waals surface area (Å²) in [6.07, 6.45) is 0. The van der Waals surface area contributed by atoms with Gasteiger partial charge in [-0.3, -0.25) is 4.79 Å². The number of carbonyl (C=O) groups excluding carboxylic acids is 1. The molecule has 0 aliphatic carbocycles. The van der Waals surface area contributed by atoms with Gasteiger partial charge < -0.3 is 4.90 Å². The predicted molar refractivity (Wildman–Crippen MR) is 90.6 cm³/mol. The Labute approximate surface area is 133 Å². The van der Waals surface area contributed by atoms with Crippen LogP contribution in [-0.4, -0.2) is 16.8 Å². The summed E-state index contributed by atoms with van der Waals surface area (Å²) in [6, 6.07) is 18.0. The van der Waals surface area contributed by atoms with Crippen molar-refractivity contribution in [1.82, 2.24) is 4.90 Å². The minimum atomic E-state index is 0.0855. The van der Waals surface area contributed by atoms with Gasteiger partial charge in [-0.2, -0.15) is 0 Å². The van der Waals surface area contributed by atoms with E-state index in [1.54, 1.807) is 0 Å². The molecule has 2 aromatic rings. The van der Waals surface area contributed by atoms with Crippen LogP contribution in [0.1, 0.15) is 29.8 Å². The molecule has 2 nitrogen and oxygen atoms in total. The van der Waals surface area contributed by atoms with Crippen molar-refractivity contribution in [2.45, 2.75) is 26.4 Å². The Morgan fingerprint density at radius 1 is 1.10 bits per heavy atom. The van der Waals surface area contributed by atoms with Crippen molar-refractivity contribution in [3.8, 4) is 0 Å². The fourth-order valence-electron chi connectivity index (χ4n) is 2.06. The first-order valence-electron chi connectivity index (χ1n) is 6.68. The largest absolute Gasteiger partial charge is 0.332 e. The number of amides is 1. The molecule has 0 fully saturated rings. The molecular formula is C17H18INO. The van der Waals surface area contributed by atoms with Crippen molar-refractivity contribution < 1.29 is 4.79 Å². The molecule has 0 aliphatic heterocycles. The van der Waals surface area contributed by atoms with Crippen LogP contribution in [0.2, 0.25) is 0 Å². The quantitative estimate of drug-likeness (QED) is 0.724. The first-order valence-corrected chi connectivity index (χ1v) is 7.76. The van der Waals surface area contributed by atoms with Crippen LogP contribution in [0.25, 0.3) is 0 Å². The van der Waals surface area contributed by atoms with Gasteiger partial charge in [-0.15, -0.1) is 0 Å². The Hall–Kier alpha value is -1.36. The molecule has 0 aromatic heterocycles. The zero-order chi connectivity index (χ0) is 14.5. The highest BCUT2D eigenvalue weighted by atomic mass is 127. The number of halogens is 1. The minimum absolute atomic E-state index is 0.0855. The molecule has 2 aromatic carbocycles. The summed E-state index contributed by atoms with van der Waals surface area (Å²) in [5, 5.41) is 0. The van der Waals surface area contributed by atoms with E-state index in [4.69, 9.17) is 0 Å². The number of hydrogen-bond donors (Lipinski definition) is 0. The zero-order valence-corrected chi connectivity index (χ0v) is 13.9. The molecular weight excluding hydrogens is 361 g/mol. The summed E-state index contributed by atoms with van der Waals surface area (Å²) in [5.41, 5.74) is 1.90. The van der Waals surface area contributed by atoms with Gasteiger partial charge in [-0.1, -0.05) is 36.4 Å². The monoisotopic (exact) mass is 379 g/mol. The van der Waals surface area contributed by atoms with Gasteiger partial charge in [-0.25, -0.2) is 0 Å². The average Bonchev–Trinajstić information content (AvgIpc) is 2.45. The van der Waals surface area contributed by atoms with E-state index >= 15 is 0 Å². The van der Waals surface area contributed by atoms with Crippen LogP contribution in [-0.2, 0) is 6.54 Å². The van der Waals surface area contributed by atoms with E-state index in [9.17, 15) is 4.79 Å². The number of benzene rings is 2. The summed E-state index contributed by atoms with van der Waals surface area (Å²) in [7, 11) is 0. The molecule has 0 N–H and O–H groups in total. The van der Waals surface area contributed by atoms with Crippen LogP contribution < -0.4 is 0 Å². The topological polar surface area (TPSA) is 20.3 Å². The van der Waals surface area contributed by atoms with Crippen LogP contribution >= 0.6 is 22.6 Å². The van der Waals surface area contributed by atoms with Gasteiger partial charge in [-0.05, 0) is 60.2 Å². The molecule has 0 radical (unpaired) electrons. The lowest BCUT2D eigenvalue weighted by atomic mass is 10.1. The molecule has 3 heteroatoms. The first kappa shape index (κ1) is 15.0. The second-order valence-electron chi connectivity index (χ2n) is 5.02. The molecule has 0 aliphatic rings. The first-order chi connectivity index (χ1) is 9.58. The van der Waals surface area contributed by atoms with Gasteiger partial charge in [0.15, 0.2) is 0 Å². The molecule has 104 valence electrons. The standard InChI is InChI=1S/C17H18INO/c1-13(2)19(12-14-7-4-3-5-8-14)17(20)15-9-6-10-16(18)11-15/h3-11,13H,12H2,1-2H3. The third kappa shape index (κ3) is 3.82. The highest BCUT2D eigenvalue weighted by Crippen LogP contribution is 2.15. The molecule has 2 rings (SSSR count). The average molecular weight is 379 g/mol. The van der Waals surface area contributed by atoms with E-state index in [1.165, 1.54) is 0 Å². The van der Waals surface area contributed by atoms with Crippen molar-refractivity contribution in [2.75, 3.05) is 0 Å². The Kier molecular flexibility index (Phi) is 5.17. The molecule has 0 saturated carbocycles. The second-order valence-corrected chi connectivity index (χ2v) is 6.27. The molecule has 0 bridgehead atoms. The summed E-state index contributed by atoms with van der Waals surface area (Å²) in [4.78, 5) is 14.6. The van der Waals surface area contributed by atoms with E-state index in [1.807, 2.05) is 47.4 Å². The Balaban J connectivity index is 2.23. The Bertz CT molecular complexity index is 581. The van der Waals surface area contributed by atoms with Crippen molar-refractivity contribution >= 4 is 28.5 Å². The lowest BCUT2D eigenvalue weighted by Crippen LogP contribution is -2.36. The van der Waals surface area contributed by atoms with Crippen molar-refractivity contribution in [1.29, 1.82) is 0 Å². The minimum Gasteiger partial charge on any atom is -0.332 e. The summed E-state index contributed by atoms with van der Waals surface area (Å²) in [5.74, 6) is 0.0855. The van der Waals surface area contributed by atoms with Crippen molar-refractivity contribution in [2.24, 2.45) is 0 Å². The van der Waals surface area contributed by atoms with E-state index in [0.29, 0.717) is 6.54 Å². The molecule has 20 heavy (non-hydrogen) atoms. The van der Waals surface area contributed by atoms with E-state index in [2.05, 4.69) is 48.6 Å². The highest BCUT2D eigenvalue weighted by Gasteiger charge is 2.19. The van der Waals surface area contributed by atoms with Crippen molar-refractivity contribution in [3.63, 3.8) is 0 Å². The SMILES string of the molecule is CC(C)N(Cc1ccccc1)C(=O)c1cccc(I)c1. The fraction of sp³-hybridized carbons (Fsp3) is 0.235. The van der Waals surface area contributed by atoms with Gasteiger partial charge in [0.1, 0.15) is 0 Å². The molecule has 0 atom stereocenters. The van der Waals surface area contributed by atoms with Crippen molar-refractivity contribution in [3.05, 3.63) is 69.3 Å². The van der Waals surface area contributed by atoms with Gasteiger partial charge >= 0.3 is 0 Å². The third-order valence-electron chi connectivity index (χ3n) is 3.15. The van der Waals surface area contributed by atoms with Crippen LogP contribution in [0.5, 0.6) is 0 Å². The molecule has 0 saturated heterocycles. The maximum absolute atomic E-state index is 12.7. The van der Waals surface area contributed by atoms with Crippen LogP contribution in [0.4, 0.5) is 0 Å². The Morgan fingerprint density at radius 2 is 1.80 bits per heavy atom. The molecule has 0 spiro atoms. The maximum atomic E-state index is 12.7. The molecule has 0 heterocycles. The second kappa shape index (κ2) is 6.88. The summed E-state index contributed by atoms with van der Waals surface area (Å²) in [6.45, 7) is 4.74. The summed E-state index contributed by atoms with van der Waals surface area (Å²) >= 11 is 2.23. The Morgan fingerprint density at radius 3 is 2.40 bits per heavy atom. The van der Waals surface area contributed by atoms with Gasteiger partial charge in [0.2, 0.25) is 0 Å². The highest BCUT2D eigenvalue weighted by molar-refractivity contribution is 14.1. The normalized spacial score (nSPS) is 10.6. The number of hydrogen-bond acceptors (Lipinski definition) is 1. The van der Waals surface area contributed by atoms with Gasteiger partial charge in [0.05, 0.1) is 0 Å². The van der Waals surface area contributed by atoms with E-state index < -0.39 is 0 Å². The van der Waals surface area contributed by atoms with Crippen LogP contribution in [0.15, 0.2) is 54.6 Å². The number of rotatable bonds is 4. The molecule has 1 amide bonds. The zero-order valence-electron chi connectivity index (χ0n) is 11.7. The van der Waals surface area contributed by atoms with Crippen LogP contribution in [0, 0.1) is 3.57 Å². The maximum Gasteiger partial charge on any atom is 0.254 e. The summed E-state index contributed by atoms with van der Waals surface area (Å²) < 4.78 is 1.08. The number of carbonyl (C=O) groups is 1. The van der Waals surface area contributed by atoms with Gasteiger partial charge in [0.25, 0.3) is 5.91 Å². The lowest BCUT2D eigenvalue weighted by Gasteiger charge is -2.27.